The number of hydrogen-bond acceptors (Lipinski definition) is 3. The minimum absolute atomic E-state index is 0.329. The standard InChI is InChI=1S/C16H26N2O/c17-15-7-5-6-14(12-15)13-18(16-8-9-16)10-3-1-2-4-11-19/h5-7,12,16,19H,1-4,8-11,13,17H2. The van der Waals surface area contributed by atoms with E-state index in [4.69, 9.17) is 10.8 Å². The van der Waals surface area contributed by atoms with Crippen LogP contribution in [0.3, 0.4) is 0 Å². The van der Waals surface area contributed by atoms with Crippen molar-refractivity contribution in [3.05, 3.63) is 29.8 Å². The number of anilines is 1. The van der Waals surface area contributed by atoms with Crippen LogP contribution in [-0.2, 0) is 6.54 Å². The van der Waals surface area contributed by atoms with E-state index in [-0.39, 0.29) is 0 Å². The third-order valence-corrected chi connectivity index (χ3v) is 3.75. The van der Waals surface area contributed by atoms with Gasteiger partial charge < -0.3 is 10.8 Å². The fraction of sp³-hybridized carbons (Fsp3) is 0.625. The molecule has 0 heterocycles. The quantitative estimate of drug-likeness (QED) is 0.531. The molecule has 0 atom stereocenters. The van der Waals surface area contributed by atoms with Crippen molar-refractivity contribution in [2.75, 3.05) is 18.9 Å². The second-order valence-corrected chi connectivity index (χ2v) is 5.58. The van der Waals surface area contributed by atoms with Crippen LogP contribution >= 0.6 is 0 Å². The average molecular weight is 262 g/mol. The van der Waals surface area contributed by atoms with E-state index >= 15 is 0 Å². The van der Waals surface area contributed by atoms with Crippen molar-refractivity contribution in [2.45, 2.75) is 51.1 Å². The summed E-state index contributed by atoms with van der Waals surface area (Å²) < 4.78 is 0. The summed E-state index contributed by atoms with van der Waals surface area (Å²) in [6.07, 6.45) is 7.24. The van der Waals surface area contributed by atoms with Crippen LogP contribution in [-0.4, -0.2) is 29.2 Å². The number of nitrogens with zero attached hydrogens (tertiary/aromatic N) is 1. The number of nitrogen functional groups attached to an aromatic ring is 1. The van der Waals surface area contributed by atoms with E-state index in [0.717, 1.165) is 31.1 Å². The van der Waals surface area contributed by atoms with Crippen molar-refractivity contribution in [3.63, 3.8) is 0 Å². The molecular formula is C16H26N2O. The fourth-order valence-electron chi connectivity index (χ4n) is 2.54. The van der Waals surface area contributed by atoms with E-state index in [2.05, 4.69) is 17.0 Å². The van der Waals surface area contributed by atoms with Crippen LogP contribution in [0.2, 0.25) is 0 Å². The molecule has 1 aliphatic rings. The topological polar surface area (TPSA) is 49.5 Å². The maximum atomic E-state index is 8.77. The molecule has 0 aliphatic heterocycles. The molecule has 106 valence electrons. The first kappa shape index (κ1) is 14.4. The van der Waals surface area contributed by atoms with Gasteiger partial charge in [-0.3, -0.25) is 4.90 Å². The molecular weight excluding hydrogens is 236 g/mol. The molecule has 0 saturated heterocycles. The Balaban J connectivity index is 1.76. The lowest BCUT2D eigenvalue weighted by Crippen LogP contribution is -2.26. The first-order valence-electron chi connectivity index (χ1n) is 7.49. The van der Waals surface area contributed by atoms with Gasteiger partial charge in [0.1, 0.15) is 0 Å². The van der Waals surface area contributed by atoms with Crippen molar-refractivity contribution < 1.29 is 5.11 Å². The summed E-state index contributed by atoms with van der Waals surface area (Å²) in [4.78, 5) is 2.59. The van der Waals surface area contributed by atoms with Crippen LogP contribution in [0.5, 0.6) is 0 Å². The largest absolute Gasteiger partial charge is 0.399 e. The molecule has 0 unspecified atom stereocenters. The molecule has 0 amide bonds. The predicted octanol–water partition coefficient (Wildman–Crippen LogP) is 2.79. The molecule has 0 radical (unpaired) electrons. The molecule has 0 spiro atoms. The number of unbranched alkanes of at least 4 members (excludes halogenated alkanes) is 3. The third-order valence-electron chi connectivity index (χ3n) is 3.75. The van der Waals surface area contributed by atoms with Crippen molar-refractivity contribution in [2.24, 2.45) is 0 Å². The first-order valence-corrected chi connectivity index (χ1v) is 7.49. The van der Waals surface area contributed by atoms with E-state index in [1.807, 2.05) is 12.1 Å². The van der Waals surface area contributed by atoms with Crippen LogP contribution in [0.15, 0.2) is 24.3 Å². The summed E-state index contributed by atoms with van der Waals surface area (Å²) in [6.45, 7) is 2.52. The van der Waals surface area contributed by atoms with E-state index in [0.29, 0.717) is 6.61 Å². The highest BCUT2D eigenvalue weighted by Crippen LogP contribution is 2.28. The Morgan fingerprint density at radius 2 is 1.95 bits per heavy atom. The van der Waals surface area contributed by atoms with Gasteiger partial charge in [0.2, 0.25) is 0 Å². The number of benzene rings is 1. The third kappa shape index (κ3) is 5.21. The summed E-state index contributed by atoms with van der Waals surface area (Å²) in [7, 11) is 0. The normalized spacial score (nSPS) is 15.1. The van der Waals surface area contributed by atoms with Gasteiger partial charge in [0.05, 0.1) is 0 Å². The summed E-state index contributed by atoms with van der Waals surface area (Å²) >= 11 is 0. The van der Waals surface area contributed by atoms with Crippen LogP contribution < -0.4 is 5.73 Å². The summed E-state index contributed by atoms with van der Waals surface area (Å²) in [5.41, 5.74) is 8.02. The Hall–Kier alpha value is -1.06. The lowest BCUT2D eigenvalue weighted by molar-refractivity contribution is 0.244. The summed E-state index contributed by atoms with van der Waals surface area (Å²) in [6, 6.07) is 9.02. The Kier molecular flexibility index (Phi) is 5.67. The van der Waals surface area contributed by atoms with Crippen LogP contribution in [0, 0.1) is 0 Å². The first-order chi connectivity index (χ1) is 9.29. The molecule has 3 nitrogen and oxygen atoms in total. The predicted molar refractivity (Wildman–Crippen MR) is 79.8 cm³/mol. The number of hydrogen-bond donors (Lipinski definition) is 2. The monoisotopic (exact) mass is 262 g/mol. The van der Waals surface area contributed by atoms with E-state index in [1.54, 1.807) is 0 Å². The van der Waals surface area contributed by atoms with Crippen molar-refractivity contribution in [3.8, 4) is 0 Å². The molecule has 1 saturated carbocycles. The van der Waals surface area contributed by atoms with Gasteiger partial charge in [0.25, 0.3) is 0 Å². The molecule has 3 N–H and O–H groups in total. The van der Waals surface area contributed by atoms with Crippen molar-refractivity contribution in [1.82, 2.24) is 4.90 Å². The number of aliphatic hydroxyl groups excluding tert-OH is 1. The smallest absolute Gasteiger partial charge is 0.0431 e. The minimum atomic E-state index is 0.329. The van der Waals surface area contributed by atoms with E-state index in [9.17, 15) is 0 Å². The highest BCUT2D eigenvalue weighted by Gasteiger charge is 2.28. The molecule has 3 heteroatoms. The molecule has 1 aromatic rings. The maximum absolute atomic E-state index is 8.77. The molecule has 1 aliphatic carbocycles. The molecule has 1 aromatic carbocycles. The molecule has 2 rings (SSSR count). The Morgan fingerprint density at radius 1 is 1.16 bits per heavy atom. The zero-order valence-corrected chi connectivity index (χ0v) is 11.7. The van der Waals surface area contributed by atoms with Crippen LogP contribution in [0.1, 0.15) is 44.1 Å². The van der Waals surface area contributed by atoms with Gasteiger partial charge in [-0.05, 0) is 49.9 Å². The van der Waals surface area contributed by atoms with Crippen LogP contribution in [0.25, 0.3) is 0 Å². The Morgan fingerprint density at radius 3 is 2.63 bits per heavy atom. The van der Waals surface area contributed by atoms with Gasteiger partial charge in [-0.15, -0.1) is 0 Å². The zero-order valence-electron chi connectivity index (χ0n) is 11.7. The summed E-state index contributed by atoms with van der Waals surface area (Å²) in [5, 5.41) is 8.77. The van der Waals surface area contributed by atoms with E-state index in [1.165, 1.54) is 37.8 Å². The van der Waals surface area contributed by atoms with E-state index < -0.39 is 0 Å². The fourth-order valence-corrected chi connectivity index (χ4v) is 2.54. The Bertz CT molecular complexity index is 377. The SMILES string of the molecule is Nc1cccc(CN(CCCCCCO)C2CC2)c1. The summed E-state index contributed by atoms with van der Waals surface area (Å²) in [5.74, 6) is 0. The van der Waals surface area contributed by atoms with Gasteiger partial charge in [-0.1, -0.05) is 25.0 Å². The second kappa shape index (κ2) is 7.51. The lowest BCUT2D eigenvalue weighted by atomic mass is 10.1. The minimum Gasteiger partial charge on any atom is -0.399 e. The van der Waals surface area contributed by atoms with Gasteiger partial charge in [0, 0.05) is 24.9 Å². The Labute approximate surface area is 116 Å². The van der Waals surface area contributed by atoms with Crippen LogP contribution in [0.4, 0.5) is 5.69 Å². The zero-order chi connectivity index (χ0) is 13.5. The van der Waals surface area contributed by atoms with Gasteiger partial charge in [-0.25, -0.2) is 0 Å². The highest BCUT2D eigenvalue weighted by atomic mass is 16.2. The number of nitrogens with two attached hydrogens (primary N) is 1. The molecule has 0 aromatic heterocycles. The number of aliphatic hydroxyl groups is 1. The average Bonchev–Trinajstić information content (AvgIpc) is 3.21. The highest BCUT2D eigenvalue weighted by molar-refractivity contribution is 5.40. The van der Waals surface area contributed by atoms with Gasteiger partial charge in [0.15, 0.2) is 0 Å². The van der Waals surface area contributed by atoms with Crippen molar-refractivity contribution in [1.29, 1.82) is 0 Å². The molecule has 0 bridgehead atoms. The second-order valence-electron chi connectivity index (χ2n) is 5.58. The molecule has 1 fully saturated rings. The van der Waals surface area contributed by atoms with Gasteiger partial charge >= 0.3 is 0 Å². The van der Waals surface area contributed by atoms with Gasteiger partial charge in [-0.2, -0.15) is 0 Å². The number of rotatable bonds is 9. The van der Waals surface area contributed by atoms with Crippen molar-refractivity contribution >= 4 is 5.69 Å². The molecule has 19 heavy (non-hydrogen) atoms. The maximum Gasteiger partial charge on any atom is 0.0431 e. The lowest BCUT2D eigenvalue weighted by Gasteiger charge is -2.22.